The van der Waals surface area contributed by atoms with Gasteiger partial charge >= 0.3 is 0 Å². The van der Waals surface area contributed by atoms with Crippen molar-refractivity contribution < 1.29 is 22.7 Å². The van der Waals surface area contributed by atoms with Crippen LogP contribution in [0.2, 0.25) is 5.28 Å². The molecule has 5 nitrogen and oxygen atoms in total. The molecule has 4 rings (SSSR count). The molecular formula is C28H35ClF3N3O2. The Labute approximate surface area is 221 Å². The van der Waals surface area contributed by atoms with E-state index < -0.39 is 23.8 Å². The molecule has 37 heavy (non-hydrogen) atoms. The molecule has 202 valence electrons. The van der Waals surface area contributed by atoms with E-state index in [9.17, 15) is 18.0 Å². The van der Waals surface area contributed by atoms with Gasteiger partial charge in [0.2, 0.25) is 5.28 Å². The standard InChI is InChI=1S/C28H35ClF3N3O2/c1-3-5-18-10-11-37-15-19(18)14-20(36)9-8-17-12-23-24(13-17)34-28(29)35-27(23)33-16(2)21-6-4-7-22(25(21)30)26(31)32/h4,6-7,16-19,26H,3,5,8-15H2,1-2H3,(H,33,34,35)/t16-,17?,18?,19?/m1/s1. The van der Waals surface area contributed by atoms with E-state index in [1.807, 2.05) is 0 Å². The lowest BCUT2D eigenvalue weighted by molar-refractivity contribution is -0.122. The van der Waals surface area contributed by atoms with Crippen molar-refractivity contribution in [3.8, 4) is 0 Å². The second-order valence-corrected chi connectivity index (χ2v) is 10.7. The number of Topliss-reactive ketones (excluding diaryl/α,β-unsaturated/α-hetero) is 1. The van der Waals surface area contributed by atoms with Crippen LogP contribution in [0.5, 0.6) is 0 Å². The fourth-order valence-electron chi connectivity index (χ4n) is 5.77. The molecule has 1 N–H and O–H groups in total. The van der Waals surface area contributed by atoms with E-state index in [1.165, 1.54) is 12.1 Å². The van der Waals surface area contributed by atoms with E-state index >= 15 is 0 Å². The summed E-state index contributed by atoms with van der Waals surface area (Å²) in [6.07, 6.45) is 3.61. The molecule has 2 aliphatic rings. The highest BCUT2D eigenvalue weighted by atomic mass is 35.5. The number of benzene rings is 1. The Bertz CT molecular complexity index is 1100. The Morgan fingerprint density at radius 3 is 2.73 bits per heavy atom. The van der Waals surface area contributed by atoms with Crippen LogP contribution in [0.1, 0.15) is 87.2 Å². The number of ether oxygens (including phenoxy) is 1. The number of halogens is 4. The first-order valence-electron chi connectivity index (χ1n) is 13.2. The average molecular weight is 538 g/mol. The normalized spacial score (nSPS) is 22.2. The maximum atomic E-state index is 14.7. The van der Waals surface area contributed by atoms with Gasteiger partial charge in [0.1, 0.15) is 17.4 Å². The van der Waals surface area contributed by atoms with Crippen molar-refractivity contribution in [2.24, 2.45) is 17.8 Å². The molecule has 1 aliphatic carbocycles. The van der Waals surface area contributed by atoms with E-state index in [0.29, 0.717) is 49.9 Å². The van der Waals surface area contributed by atoms with Gasteiger partial charge < -0.3 is 10.1 Å². The Morgan fingerprint density at radius 1 is 1.19 bits per heavy atom. The number of carbonyl (C=O) groups excluding carboxylic acids is 1. The van der Waals surface area contributed by atoms with Crippen molar-refractivity contribution in [2.75, 3.05) is 18.5 Å². The van der Waals surface area contributed by atoms with Gasteiger partial charge in [0.25, 0.3) is 6.43 Å². The van der Waals surface area contributed by atoms with Crippen LogP contribution in [-0.2, 0) is 22.4 Å². The first kappa shape index (κ1) is 27.8. The fraction of sp³-hybridized carbons (Fsp3) is 0.607. The Morgan fingerprint density at radius 2 is 1.97 bits per heavy atom. The van der Waals surface area contributed by atoms with Gasteiger partial charge in [0.05, 0.1) is 23.9 Å². The summed E-state index contributed by atoms with van der Waals surface area (Å²) in [5, 5.41) is 3.24. The van der Waals surface area contributed by atoms with E-state index in [4.69, 9.17) is 16.3 Å². The summed E-state index contributed by atoms with van der Waals surface area (Å²) in [5.74, 6) is 0.953. The number of hydrogen-bond donors (Lipinski definition) is 1. The largest absolute Gasteiger partial charge is 0.381 e. The molecule has 3 unspecified atom stereocenters. The van der Waals surface area contributed by atoms with Gasteiger partial charge in [0.15, 0.2) is 0 Å². The molecule has 1 aliphatic heterocycles. The minimum atomic E-state index is -2.89. The van der Waals surface area contributed by atoms with Gasteiger partial charge in [-0.1, -0.05) is 38.0 Å². The van der Waals surface area contributed by atoms with Crippen molar-refractivity contribution in [2.45, 2.75) is 77.7 Å². The van der Waals surface area contributed by atoms with Crippen LogP contribution in [0.15, 0.2) is 18.2 Å². The van der Waals surface area contributed by atoms with E-state index in [1.54, 1.807) is 6.92 Å². The molecule has 1 fully saturated rings. The zero-order valence-corrected chi connectivity index (χ0v) is 22.2. The van der Waals surface area contributed by atoms with Crippen LogP contribution in [0.3, 0.4) is 0 Å². The van der Waals surface area contributed by atoms with Crippen molar-refractivity contribution in [3.05, 3.63) is 51.7 Å². The third kappa shape index (κ3) is 6.82. The monoisotopic (exact) mass is 537 g/mol. The molecule has 0 amide bonds. The number of nitrogens with one attached hydrogen (secondary N) is 1. The molecule has 0 radical (unpaired) electrons. The van der Waals surface area contributed by atoms with Gasteiger partial charge in [0, 0.05) is 30.6 Å². The van der Waals surface area contributed by atoms with Gasteiger partial charge in [-0.2, -0.15) is 0 Å². The van der Waals surface area contributed by atoms with E-state index in [2.05, 4.69) is 22.2 Å². The summed E-state index contributed by atoms with van der Waals surface area (Å²) in [6, 6.07) is 3.39. The van der Waals surface area contributed by atoms with Crippen molar-refractivity contribution in [3.63, 3.8) is 0 Å². The SMILES string of the molecule is CCCC1CCOCC1CC(=O)CCC1Cc2nc(Cl)nc(N[C@H](C)c3cccc(C(F)F)c3F)c2C1. The first-order chi connectivity index (χ1) is 17.8. The number of alkyl halides is 2. The second kappa shape index (κ2) is 12.6. The highest BCUT2D eigenvalue weighted by Crippen LogP contribution is 2.36. The number of anilines is 1. The average Bonchev–Trinajstić information content (AvgIpc) is 3.27. The minimum Gasteiger partial charge on any atom is -0.381 e. The molecule has 1 aromatic heterocycles. The Hall–Kier alpha value is -2.19. The number of ketones is 1. The first-order valence-corrected chi connectivity index (χ1v) is 13.6. The molecule has 0 spiro atoms. The summed E-state index contributed by atoms with van der Waals surface area (Å²) in [4.78, 5) is 21.5. The van der Waals surface area contributed by atoms with E-state index in [-0.39, 0.29) is 22.5 Å². The summed E-state index contributed by atoms with van der Waals surface area (Å²) >= 11 is 6.18. The predicted octanol–water partition coefficient (Wildman–Crippen LogP) is 7.29. The number of carbonyl (C=O) groups is 1. The van der Waals surface area contributed by atoms with Crippen LogP contribution < -0.4 is 5.32 Å². The Kier molecular flexibility index (Phi) is 9.46. The molecule has 0 saturated carbocycles. The maximum Gasteiger partial charge on any atom is 0.266 e. The van der Waals surface area contributed by atoms with Crippen LogP contribution >= 0.6 is 11.6 Å². The molecule has 4 atom stereocenters. The molecule has 2 aromatic rings. The molecule has 0 bridgehead atoms. The van der Waals surface area contributed by atoms with Crippen molar-refractivity contribution in [1.82, 2.24) is 9.97 Å². The molecule has 2 heterocycles. The minimum absolute atomic E-state index is 0.0752. The number of hydrogen-bond acceptors (Lipinski definition) is 5. The van der Waals surface area contributed by atoms with Crippen LogP contribution in [0, 0.1) is 23.6 Å². The number of aromatic nitrogens is 2. The van der Waals surface area contributed by atoms with Crippen molar-refractivity contribution in [1.29, 1.82) is 0 Å². The quantitative estimate of drug-likeness (QED) is 0.305. The van der Waals surface area contributed by atoms with Gasteiger partial charge in [-0.25, -0.2) is 23.1 Å². The highest BCUT2D eigenvalue weighted by Gasteiger charge is 2.30. The lowest BCUT2D eigenvalue weighted by Gasteiger charge is -2.31. The lowest BCUT2D eigenvalue weighted by Crippen LogP contribution is -2.29. The molecular weight excluding hydrogens is 503 g/mol. The third-order valence-electron chi connectivity index (χ3n) is 7.77. The third-order valence-corrected chi connectivity index (χ3v) is 7.93. The Balaban J connectivity index is 1.38. The van der Waals surface area contributed by atoms with Crippen LogP contribution in [0.25, 0.3) is 0 Å². The lowest BCUT2D eigenvalue weighted by atomic mass is 9.81. The molecule has 1 saturated heterocycles. The molecule has 9 heteroatoms. The van der Waals surface area contributed by atoms with Crippen LogP contribution in [0.4, 0.5) is 19.0 Å². The van der Waals surface area contributed by atoms with Gasteiger partial charge in [-0.05, 0) is 62.0 Å². The maximum absolute atomic E-state index is 14.7. The zero-order chi connectivity index (χ0) is 26.5. The highest BCUT2D eigenvalue weighted by molar-refractivity contribution is 6.28. The number of nitrogens with zero attached hydrogens (tertiary/aromatic N) is 2. The fourth-order valence-corrected chi connectivity index (χ4v) is 5.96. The number of fused-ring (bicyclic) bond motifs is 1. The van der Waals surface area contributed by atoms with Gasteiger partial charge in [-0.3, -0.25) is 4.79 Å². The predicted molar refractivity (Wildman–Crippen MR) is 138 cm³/mol. The summed E-state index contributed by atoms with van der Waals surface area (Å²) < 4.78 is 46.6. The van der Waals surface area contributed by atoms with E-state index in [0.717, 1.165) is 49.6 Å². The summed E-state index contributed by atoms with van der Waals surface area (Å²) in [5.41, 5.74) is 1.22. The van der Waals surface area contributed by atoms with Gasteiger partial charge in [-0.15, -0.1) is 0 Å². The smallest absolute Gasteiger partial charge is 0.266 e. The zero-order valence-electron chi connectivity index (χ0n) is 21.4. The summed E-state index contributed by atoms with van der Waals surface area (Å²) in [7, 11) is 0. The number of rotatable bonds is 11. The topological polar surface area (TPSA) is 64.1 Å². The van der Waals surface area contributed by atoms with Crippen molar-refractivity contribution >= 4 is 23.2 Å². The van der Waals surface area contributed by atoms with Crippen LogP contribution in [-0.4, -0.2) is 29.0 Å². The summed E-state index contributed by atoms with van der Waals surface area (Å²) in [6.45, 7) is 5.34. The second-order valence-electron chi connectivity index (χ2n) is 10.4. The molecule has 1 aromatic carbocycles.